The average Bonchev–Trinajstić information content (AvgIpc) is 2.37. The van der Waals surface area contributed by atoms with Crippen molar-refractivity contribution in [3.8, 4) is 0 Å². The predicted molar refractivity (Wildman–Crippen MR) is 65.4 cm³/mol. The molecule has 7 heteroatoms. The normalized spacial score (nSPS) is 12.2. The molecule has 0 saturated heterocycles. The summed E-state index contributed by atoms with van der Waals surface area (Å²) in [6.45, 7) is 0. The van der Waals surface area contributed by atoms with Gasteiger partial charge in [-0.25, -0.2) is 8.78 Å². The molecule has 0 aliphatic rings. The molecule has 1 aromatic carbocycles. The predicted octanol–water partition coefficient (Wildman–Crippen LogP) is 2.35. The van der Waals surface area contributed by atoms with E-state index in [9.17, 15) is 19.1 Å². The monoisotopic (exact) mass is 286 g/mol. The van der Waals surface area contributed by atoms with Crippen molar-refractivity contribution in [3.63, 3.8) is 0 Å². The van der Waals surface area contributed by atoms with E-state index in [4.69, 9.17) is 11.6 Å². The highest BCUT2D eigenvalue weighted by Crippen LogP contribution is 2.19. The second kappa shape index (κ2) is 5.38. The number of benzene rings is 1. The van der Waals surface area contributed by atoms with Crippen molar-refractivity contribution >= 4 is 17.3 Å². The van der Waals surface area contributed by atoms with E-state index in [-0.39, 0.29) is 16.4 Å². The fraction of sp³-hybridized carbons (Fsp3) is 0.0833. The molecule has 0 spiro atoms. The van der Waals surface area contributed by atoms with Crippen LogP contribution in [0.25, 0.3) is 0 Å². The Bertz CT molecular complexity index is 610. The van der Waals surface area contributed by atoms with Gasteiger partial charge in [0.05, 0.1) is 5.56 Å². The molecule has 1 atom stereocenters. The van der Waals surface area contributed by atoms with Crippen LogP contribution < -0.4 is 10.0 Å². The molecule has 0 bridgehead atoms. The van der Waals surface area contributed by atoms with Crippen molar-refractivity contribution in [1.82, 2.24) is 0 Å². The number of pyridine rings is 1. The van der Waals surface area contributed by atoms with Gasteiger partial charge in [-0.3, -0.25) is 0 Å². The van der Waals surface area contributed by atoms with Crippen molar-refractivity contribution in [1.29, 1.82) is 0 Å². The summed E-state index contributed by atoms with van der Waals surface area (Å²) in [5.41, 5.74) is 0.419. The van der Waals surface area contributed by atoms with Crippen LogP contribution in [0.4, 0.5) is 14.5 Å². The summed E-state index contributed by atoms with van der Waals surface area (Å²) in [6.07, 6.45) is -0.165. The van der Waals surface area contributed by atoms with Gasteiger partial charge in [-0.2, -0.15) is 4.73 Å². The standard InChI is InChI=1S/C12H9ClF2N2O2/c13-11-4-1-7(6-17(11)19)12(18)16-8-2-3-9(14)10(15)5-8/h1-6,12,16,18H. The van der Waals surface area contributed by atoms with E-state index in [1.54, 1.807) is 0 Å². The minimum Gasteiger partial charge on any atom is -0.618 e. The molecule has 0 amide bonds. The Hall–Kier alpha value is -1.92. The summed E-state index contributed by atoms with van der Waals surface area (Å²) >= 11 is 5.54. The molecule has 1 aromatic heterocycles. The van der Waals surface area contributed by atoms with Gasteiger partial charge in [-0.05, 0) is 29.8 Å². The Morgan fingerprint density at radius 3 is 2.58 bits per heavy atom. The maximum atomic E-state index is 13.0. The number of halogens is 3. The van der Waals surface area contributed by atoms with Crippen LogP contribution in [0.15, 0.2) is 36.5 Å². The Morgan fingerprint density at radius 2 is 1.95 bits per heavy atom. The number of hydrogen-bond donors (Lipinski definition) is 2. The zero-order chi connectivity index (χ0) is 14.0. The first-order valence-corrected chi connectivity index (χ1v) is 5.63. The van der Waals surface area contributed by atoms with Crippen LogP contribution in [0.3, 0.4) is 0 Å². The van der Waals surface area contributed by atoms with Crippen molar-refractivity contribution in [3.05, 3.63) is 64.1 Å². The highest BCUT2D eigenvalue weighted by molar-refractivity contribution is 6.28. The molecular formula is C12H9ClF2N2O2. The lowest BCUT2D eigenvalue weighted by Crippen LogP contribution is -2.28. The lowest BCUT2D eigenvalue weighted by atomic mass is 10.2. The second-order valence-corrected chi connectivity index (χ2v) is 4.17. The number of nitrogens with one attached hydrogen (secondary N) is 1. The molecule has 19 heavy (non-hydrogen) atoms. The number of aliphatic hydroxyl groups excluding tert-OH is 1. The lowest BCUT2D eigenvalue weighted by molar-refractivity contribution is -0.603. The molecule has 0 aliphatic carbocycles. The number of nitrogens with zero attached hydrogens (tertiary/aromatic N) is 1. The molecule has 0 radical (unpaired) electrons. The Labute approximate surface area is 112 Å². The van der Waals surface area contributed by atoms with E-state index in [0.29, 0.717) is 4.73 Å². The third-order valence-electron chi connectivity index (χ3n) is 2.43. The minimum absolute atomic E-state index is 0.0382. The molecule has 2 N–H and O–H groups in total. The van der Waals surface area contributed by atoms with Crippen LogP contribution in [-0.4, -0.2) is 5.11 Å². The lowest BCUT2D eigenvalue weighted by Gasteiger charge is -2.14. The molecular weight excluding hydrogens is 278 g/mol. The zero-order valence-corrected chi connectivity index (χ0v) is 10.2. The molecule has 0 fully saturated rings. The topological polar surface area (TPSA) is 59.2 Å². The average molecular weight is 287 g/mol. The molecule has 1 heterocycles. The van der Waals surface area contributed by atoms with E-state index in [1.807, 2.05) is 0 Å². The third kappa shape index (κ3) is 3.10. The maximum absolute atomic E-state index is 13.0. The molecule has 2 rings (SSSR count). The first-order valence-electron chi connectivity index (χ1n) is 5.25. The molecule has 2 aromatic rings. The summed E-state index contributed by atoms with van der Waals surface area (Å²) in [5.74, 6) is -2.02. The molecule has 100 valence electrons. The minimum atomic E-state index is -1.25. The van der Waals surface area contributed by atoms with E-state index in [0.717, 1.165) is 18.3 Å². The van der Waals surface area contributed by atoms with Crippen LogP contribution in [0.1, 0.15) is 11.8 Å². The van der Waals surface area contributed by atoms with Gasteiger partial charge in [0, 0.05) is 17.8 Å². The fourth-order valence-corrected chi connectivity index (χ4v) is 1.58. The van der Waals surface area contributed by atoms with Gasteiger partial charge >= 0.3 is 0 Å². The Kier molecular flexibility index (Phi) is 3.82. The van der Waals surface area contributed by atoms with E-state index < -0.39 is 17.9 Å². The molecule has 0 aliphatic heterocycles. The van der Waals surface area contributed by atoms with Gasteiger partial charge in [-0.15, -0.1) is 0 Å². The van der Waals surface area contributed by atoms with E-state index in [2.05, 4.69) is 5.32 Å². The van der Waals surface area contributed by atoms with Gasteiger partial charge in [0.15, 0.2) is 24.1 Å². The van der Waals surface area contributed by atoms with E-state index in [1.165, 1.54) is 18.2 Å². The van der Waals surface area contributed by atoms with Crippen molar-refractivity contribution in [2.24, 2.45) is 0 Å². The first-order chi connectivity index (χ1) is 8.97. The third-order valence-corrected chi connectivity index (χ3v) is 2.72. The Balaban J connectivity index is 2.17. The number of anilines is 1. The molecule has 0 saturated carbocycles. The van der Waals surface area contributed by atoms with Crippen LogP contribution in [-0.2, 0) is 0 Å². The SMILES string of the molecule is [O-][n+]1cc(C(O)Nc2ccc(F)c(F)c2)ccc1Cl. The molecule has 1 unspecified atom stereocenters. The highest BCUT2D eigenvalue weighted by atomic mass is 35.5. The highest BCUT2D eigenvalue weighted by Gasteiger charge is 2.13. The number of aromatic nitrogens is 1. The maximum Gasteiger partial charge on any atom is 0.286 e. The van der Waals surface area contributed by atoms with Crippen LogP contribution in [0.2, 0.25) is 5.15 Å². The van der Waals surface area contributed by atoms with Gasteiger partial charge in [-0.1, -0.05) is 0 Å². The van der Waals surface area contributed by atoms with Crippen molar-refractivity contribution in [2.75, 3.05) is 5.32 Å². The number of rotatable bonds is 3. The first kappa shape index (κ1) is 13.5. The zero-order valence-electron chi connectivity index (χ0n) is 9.48. The summed E-state index contributed by atoms with van der Waals surface area (Å²) in [6, 6.07) is 5.86. The fourth-order valence-electron chi connectivity index (χ4n) is 1.47. The smallest absolute Gasteiger partial charge is 0.286 e. The van der Waals surface area contributed by atoms with Crippen molar-refractivity contribution in [2.45, 2.75) is 6.23 Å². The van der Waals surface area contributed by atoms with E-state index >= 15 is 0 Å². The summed E-state index contributed by atoms with van der Waals surface area (Å²) in [7, 11) is 0. The van der Waals surface area contributed by atoms with Crippen LogP contribution in [0.5, 0.6) is 0 Å². The molecule has 4 nitrogen and oxygen atoms in total. The summed E-state index contributed by atoms with van der Waals surface area (Å²) in [4.78, 5) is 0. The van der Waals surface area contributed by atoms with Gasteiger partial charge < -0.3 is 15.6 Å². The van der Waals surface area contributed by atoms with Gasteiger partial charge in [0.2, 0.25) is 0 Å². The summed E-state index contributed by atoms with van der Waals surface area (Å²) in [5, 5.41) is 23.5. The van der Waals surface area contributed by atoms with Crippen molar-refractivity contribution < 1.29 is 18.6 Å². The number of aliphatic hydroxyl groups is 1. The largest absolute Gasteiger partial charge is 0.618 e. The van der Waals surface area contributed by atoms with Crippen LogP contribution in [0, 0.1) is 16.8 Å². The Morgan fingerprint density at radius 1 is 1.21 bits per heavy atom. The quantitative estimate of drug-likeness (QED) is 0.394. The van der Waals surface area contributed by atoms with Gasteiger partial charge in [0.1, 0.15) is 0 Å². The van der Waals surface area contributed by atoms with Crippen LogP contribution >= 0.6 is 11.6 Å². The summed E-state index contributed by atoms with van der Waals surface area (Å²) < 4.78 is 26.1. The second-order valence-electron chi connectivity index (χ2n) is 3.79. The number of hydrogen-bond acceptors (Lipinski definition) is 3. The van der Waals surface area contributed by atoms with Gasteiger partial charge in [0.25, 0.3) is 5.15 Å².